The van der Waals surface area contributed by atoms with Gasteiger partial charge in [0.1, 0.15) is 11.2 Å². The van der Waals surface area contributed by atoms with E-state index in [1.54, 1.807) is 7.11 Å². The van der Waals surface area contributed by atoms with Crippen LogP contribution in [-0.2, 0) is 9.47 Å². The Labute approximate surface area is 139 Å². The lowest BCUT2D eigenvalue weighted by Gasteiger charge is -2.45. The van der Waals surface area contributed by atoms with Gasteiger partial charge in [-0.3, -0.25) is 0 Å². The number of methoxy groups -OCH3 is 1. The Balaban J connectivity index is 4.76. The Hall–Kier alpha value is -0.500. The lowest BCUT2D eigenvalue weighted by Crippen LogP contribution is -2.52. The summed E-state index contributed by atoms with van der Waals surface area (Å²) in [5.41, 5.74) is -0.489. The van der Waals surface area contributed by atoms with Crippen LogP contribution in [0.25, 0.3) is 0 Å². The quantitative estimate of drug-likeness (QED) is 0.264. The lowest BCUT2D eigenvalue weighted by molar-refractivity contribution is -0.163. The smallest absolute Gasteiger partial charge is 0.136 e. The van der Waals surface area contributed by atoms with Gasteiger partial charge in [0.25, 0.3) is 0 Å². The van der Waals surface area contributed by atoms with Crippen LogP contribution in [-0.4, -0.2) is 18.3 Å². The predicted molar refractivity (Wildman–Crippen MR) is 97.2 cm³/mol. The monoisotopic (exact) mass is 312 g/mol. The number of hydrogen-bond acceptors (Lipinski definition) is 2. The van der Waals surface area contributed by atoms with E-state index in [0.29, 0.717) is 0 Å². The van der Waals surface area contributed by atoms with E-state index in [1.165, 1.54) is 38.5 Å². The Morgan fingerprint density at radius 3 is 2.00 bits per heavy atom. The number of allylic oxidation sites excluding steroid dienone is 1. The Morgan fingerprint density at radius 1 is 0.818 bits per heavy atom. The highest BCUT2D eigenvalue weighted by Gasteiger charge is 2.45. The maximum absolute atomic E-state index is 6.29. The summed E-state index contributed by atoms with van der Waals surface area (Å²) in [4.78, 5) is 0. The molecule has 0 aliphatic carbocycles. The predicted octanol–water partition coefficient (Wildman–Crippen LogP) is 6.64. The molecule has 132 valence electrons. The van der Waals surface area contributed by atoms with Crippen molar-refractivity contribution in [2.75, 3.05) is 7.11 Å². The van der Waals surface area contributed by atoms with Crippen LogP contribution in [0.2, 0.25) is 0 Å². The zero-order chi connectivity index (χ0) is 16.9. The van der Waals surface area contributed by atoms with E-state index in [0.717, 1.165) is 25.7 Å². The SMILES string of the molecule is CCC=COC(CCC)(CCCCCCCC)C(C)(C)OC. The molecule has 0 fully saturated rings. The van der Waals surface area contributed by atoms with Gasteiger partial charge < -0.3 is 9.47 Å². The summed E-state index contributed by atoms with van der Waals surface area (Å²) < 4.78 is 12.1. The number of rotatable bonds is 14. The van der Waals surface area contributed by atoms with Crippen molar-refractivity contribution < 1.29 is 9.47 Å². The fourth-order valence-corrected chi connectivity index (χ4v) is 3.04. The van der Waals surface area contributed by atoms with Crippen molar-refractivity contribution >= 4 is 0 Å². The van der Waals surface area contributed by atoms with Gasteiger partial charge in [0.15, 0.2) is 0 Å². The van der Waals surface area contributed by atoms with Crippen LogP contribution >= 0.6 is 0 Å². The molecule has 0 aliphatic rings. The van der Waals surface area contributed by atoms with Crippen molar-refractivity contribution in [1.82, 2.24) is 0 Å². The molecule has 0 saturated carbocycles. The molecule has 1 unspecified atom stereocenters. The van der Waals surface area contributed by atoms with Crippen molar-refractivity contribution in [2.24, 2.45) is 0 Å². The van der Waals surface area contributed by atoms with Gasteiger partial charge in [-0.05, 0) is 39.5 Å². The van der Waals surface area contributed by atoms with E-state index in [4.69, 9.17) is 9.47 Å². The van der Waals surface area contributed by atoms with E-state index >= 15 is 0 Å². The van der Waals surface area contributed by atoms with Crippen molar-refractivity contribution in [1.29, 1.82) is 0 Å². The lowest BCUT2D eigenvalue weighted by atomic mass is 9.77. The Morgan fingerprint density at radius 2 is 1.45 bits per heavy atom. The molecule has 2 heteroatoms. The highest BCUT2D eigenvalue weighted by molar-refractivity contribution is 4.98. The topological polar surface area (TPSA) is 18.5 Å². The summed E-state index contributed by atoms with van der Waals surface area (Å²) in [6, 6.07) is 0. The van der Waals surface area contributed by atoms with Crippen LogP contribution in [0.4, 0.5) is 0 Å². The maximum atomic E-state index is 6.29. The van der Waals surface area contributed by atoms with Crippen LogP contribution < -0.4 is 0 Å². The molecule has 0 radical (unpaired) electrons. The van der Waals surface area contributed by atoms with Gasteiger partial charge in [-0.2, -0.15) is 0 Å². The molecular weight excluding hydrogens is 272 g/mol. The van der Waals surface area contributed by atoms with E-state index in [-0.39, 0.29) is 11.2 Å². The standard InChI is InChI=1S/C20H40O2/c1-7-10-12-13-14-15-17-20(16-9-3,19(4,5)21-6)22-18-11-8-2/h11,18H,7-10,12-17H2,1-6H3. The molecule has 0 aromatic heterocycles. The second-order valence-corrected chi connectivity index (χ2v) is 6.87. The fraction of sp³-hybridized carbons (Fsp3) is 0.900. The van der Waals surface area contributed by atoms with Gasteiger partial charge in [0.2, 0.25) is 0 Å². The second-order valence-electron chi connectivity index (χ2n) is 6.87. The van der Waals surface area contributed by atoms with Gasteiger partial charge >= 0.3 is 0 Å². The molecule has 0 rings (SSSR count). The Bertz CT molecular complexity index is 283. The van der Waals surface area contributed by atoms with Crippen molar-refractivity contribution in [3.8, 4) is 0 Å². The largest absolute Gasteiger partial charge is 0.492 e. The first kappa shape index (κ1) is 21.5. The van der Waals surface area contributed by atoms with Crippen LogP contribution in [0, 0.1) is 0 Å². The van der Waals surface area contributed by atoms with Gasteiger partial charge in [-0.15, -0.1) is 0 Å². The molecule has 0 bridgehead atoms. The molecule has 0 saturated heterocycles. The first-order valence-electron chi connectivity index (χ1n) is 9.37. The number of ether oxygens (including phenoxy) is 2. The highest BCUT2D eigenvalue weighted by atomic mass is 16.5. The fourth-order valence-electron chi connectivity index (χ4n) is 3.04. The summed E-state index contributed by atoms with van der Waals surface area (Å²) in [5, 5.41) is 0. The molecular formula is C20H40O2. The van der Waals surface area contributed by atoms with Gasteiger partial charge in [-0.1, -0.05) is 65.4 Å². The third-order valence-electron chi connectivity index (χ3n) is 4.82. The normalized spacial score (nSPS) is 15.2. The van der Waals surface area contributed by atoms with Crippen LogP contribution in [0.5, 0.6) is 0 Å². The third-order valence-corrected chi connectivity index (χ3v) is 4.82. The minimum Gasteiger partial charge on any atom is -0.492 e. The highest BCUT2D eigenvalue weighted by Crippen LogP contribution is 2.38. The maximum Gasteiger partial charge on any atom is 0.136 e. The zero-order valence-electron chi connectivity index (χ0n) is 16.0. The zero-order valence-corrected chi connectivity index (χ0v) is 16.0. The minimum atomic E-state index is -0.273. The first-order chi connectivity index (χ1) is 10.5. The molecule has 0 aliphatic heterocycles. The molecule has 1 atom stereocenters. The van der Waals surface area contributed by atoms with Crippen molar-refractivity contribution in [3.63, 3.8) is 0 Å². The van der Waals surface area contributed by atoms with Crippen molar-refractivity contribution in [2.45, 2.75) is 110 Å². The van der Waals surface area contributed by atoms with Gasteiger partial charge in [-0.25, -0.2) is 0 Å². The first-order valence-corrected chi connectivity index (χ1v) is 9.37. The van der Waals surface area contributed by atoms with E-state index in [9.17, 15) is 0 Å². The minimum absolute atomic E-state index is 0.215. The summed E-state index contributed by atoms with van der Waals surface area (Å²) in [7, 11) is 1.80. The Kier molecular flexibility index (Phi) is 11.7. The third kappa shape index (κ3) is 7.17. The summed E-state index contributed by atoms with van der Waals surface area (Å²) >= 11 is 0. The molecule has 0 aromatic rings. The van der Waals surface area contributed by atoms with Gasteiger partial charge in [0.05, 0.1) is 6.26 Å². The average Bonchev–Trinajstić information content (AvgIpc) is 2.50. The molecule has 22 heavy (non-hydrogen) atoms. The summed E-state index contributed by atoms with van der Waals surface area (Å²) in [6.07, 6.45) is 16.1. The van der Waals surface area contributed by atoms with Crippen LogP contribution in [0.1, 0.15) is 98.8 Å². The number of unbranched alkanes of at least 4 members (excludes halogenated alkanes) is 5. The van der Waals surface area contributed by atoms with E-state index in [2.05, 4.69) is 40.7 Å². The number of hydrogen-bond donors (Lipinski definition) is 0. The average molecular weight is 313 g/mol. The molecule has 2 nitrogen and oxygen atoms in total. The summed E-state index contributed by atoms with van der Waals surface area (Å²) in [6.45, 7) is 11.0. The molecule has 0 N–H and O–H groups in total. The molecule has 0 aromatic carbocycles. The van der Waals surface area contributed by atoms with Gasteiger partial charge in [0, 0.05) is 7.11 Å². The van der Waals surface area contributed by atoms with Crippen LogP contribution in [0.15, 0.2) is 12.3 Å². The summed E-state index contributed by atoms with van der Waals surface area (Å²) in [5.74, 6) is 0. The molecule has 0 spiro atoms. The molecule has 0 heterocycles. The second kappa shape index (κ2) is 12.0. The van der Waals surface area contributed by atoms with Crippen LogP contribution in [0.3, 0.4) is 0 Å². The van der Waals surface area contributed by atoms with E-state index < -0.39 is 0 Å². The van der Waals surface area contributed by atoms with Crippen molar-refractivity contribution in [3.05, 3.63) is 12.3 Å². The molecule has 0 amide bonds. The van der Waals surface area contributed by atoms with E-state index in [1.807, 2.05) is 6.26 Å².